The summed E-state index contributed by atoms with van der Waals surface area (Å²) >= 11 is 0. The molecule has 1 unspecified atom stereocenters. The minimum absolute atomic E-state index is 0.239. The van der Waals surface area contributed by atoms with E-state index in [1.165, 1.54) is 18.4 Å². The molecule has 0 saturated carbocycles. The number of piperidine rings is 1. The SMILES string of the molecule is CCC(O)N1CCC(c2ccccc2)CC1. The number of rotatable bonds is 3. The standard InChI is InChI=1S/C14H21NO/c1-2-14(16)15-10-8-13(9-11-15)12-6-4-3-5-7-12/h3-7,13-14,16H,2,8-11H2,1H3. The lowest BCUT2D eigenvalue weighted by molar-refractivity contribution is -0.0131. The van der Waals surface area contributed by atoms with Gasteiger partial charge < -0.3 is 5.11 Å². The molecule has 1 saturated heterocycles. The quantitative estimate of drug-likeness (QED) is 0.844. The third kappa shape index (κ3) is 2.63. The van der Waals surface area contributed by atoms with E-state index in [9.17, 15) is 5.11 Å². The molecule has 0 aliphatic carbocycles. The van der Waals surface area contributed by atoms with Crippen molar-refractivity contribution in [3.05, 3.63) is 35.9 Å². The molecule has 16 heavy (non-hydrogen) atoms. The molecule has 1 fully saturated rings. The second kappa shape index (κ2) is 5.46. The molecule has 1 heterocycles. The first kappa shape index (κ1) is 11.6. The van der Waals surface area contributed by atoms with Gasteiger partial charge in [0.2, 0.25) is 0 Å². The molecule has 88 valence electrons. The zero-order valence-corrected chi connectivity index (χ0v) is 9.97. The summed E-state index contributed by atoms with van der Waals surface area (Å²) in [6.45, 7) is 4.08. The van der Waals surface area contributed by atoms with Crippen LogP contribution in [-0.2, 0) is 0 Å². The zero-order chi connectivity index (χ0) is 11.4. The minimum Gasteiger partial charge on any atom is -0.378 e. The van der Waals surface area contributed by atoms with Crippen LogP contribution in [0.4, 0.5) is 0 Å². The average molecular weight is 219 g/mol. The second-order valence-electron chi connectivity index (χ2n) is 4.61. The van der Waals surface area contributed by atoms with E-state index in [0.29, 0.717) is 5.92 Å². The van der Waals surface area contributed by atoms with Gasteiger partial charge in [-0.3, -0.25) is 4.90 Å². The van der Waals surface area contributed by atoms with Crippen LogP contribution in [0, 0.1) is 0 Å². The van der Waals surface area contributed by atoms with Gasteiger partial charge in [-0.2, -0.15) is 0 Å². The van der Waals surface area contributed by atoms with Crippen LogP contribution in [-0.4, -0.2) is 29.3 Å². The highest BCUT2D eigenvalue weighted by Gasteiger charge is 2.23. The van der Waals surface area contributed by atoms with Crippen molar-refractivity contribution in [3.8, 4) is 0 Å². The molecule has 0 bridgehead atoms. The van der Waals surface area contributed by atoms with Gasteiger partial charge in [0.05, 0.1) is 0 Å². The molecule has 1 atom stereocenters. The summed E-state index contributed by atoms with van der Waals surface area (Å²) in [4.78, 5) is 2.19. The van der Waals surface area contributed by atoms with E-state index in [0.717, 1.165) is 19.5 Å². The lowest BCUT2D eigenvalue weighted by Crippen LogP contribution is -2.40. The maximum absolute atomic E-state index is 9.77. The van der Waals surface area contributed by atoms with Crippen LogP contribution in [0.3, 0.4) is 0 Å². The first-order valence-electron chi connectivity index (χ1n) is 6.28. The molecule has 1 aromatic rings. The zero-order valence-electron chi connectivity index (χ0n) is 9.97. The third-order valence-electron chi connectivity index (χ3n) is 3.59. The van der Waals surface area contributed by atoms with Gasteiger partial charge >= 0.3 is 0 Å². The molecule has 0 amide bonds. The molecule has 2 rings (SSSR count). The summed E-state index contributed by atoms with van der Waals surface area (Å²) in [6.07, 6.45) is 2.93. The minimum atomic E-state index is -0.239. The molecule has 0 spiro atoms. The van der Waals surface area contributed by atoms with Crippen LogP contribution >= 0.6 is 0 Å². The van der Waals surface area contributed by atoms with Crippen LogP contribution in [0.5, 0.6) is 0 Å². The number of aliphatic hydroxyl groups is 1. The van der Waals surface area contributed by atoms with Gasteiger partial charge in [-0.25, -0.2) is 0 Å². The Hall–Kier alpha value is -0.860. The van der Waals surface area contributed by atoms with Crippen molar-refractivity contribution in [2.24, 2.45) is 0 Å². The molecule has 2 nitrogen and oxygen atoms in total. The summed E-state index contributed by atoms with van der Waals surface area (Å²) in [7, 11) is 0. The van der Waals surface area contributed by atoms with Gasteiger partial charge in [-0.15, -0.1) is 0 Å². The molecular weight excluding hydrogens is 198 g/mol. The van der Waals surface area contributed by atoms with Crippen LogP contribution in [0.2, 0.25) is 0 Å². The van der Waals surface area contributed by atoms with Gasteiger partial charge in [0.15, 0.2) is 0 Å². The Morgan fingerprint density at radius 2 is 1.88 bits per heavy atom. The largest absolute Gasteiger partial charge is 0.378 e. The summed E-state index contributed by atoms with van der Waals surface area (Å²) < 4.78 is 0. The summed E-state index contributed by atoms with van der Waals surface area (Å²) in [5.74, 6) is 0.682. The lowest BCUT2D eigenvalue weighted by Gasteiger charge is -2.34. The normalized spacial score (nSPS) is 20.9. The van der Waals surface area contributed by atoms with E-state index in [2.05, 4.69) is 35.2 Å². The summed E-state index contributed by atoms with van der Waals surface area (Å²) in [5, 5.41) is 9.77. The first-order valence-corrected chi connectivity index (χ1v) is 6.28. The Bertz CT molecular complexity index is 304. The molecule has 0 aromatic heterocycles. The molecular formula is C14H21NO. The number of hydrogen-bond donors (Lipinski definition) is 1. The second-order valence-corrected chi connectivity index (χ2v) is 4.61. The monoisotopic (exact) mass is 219 g/mol. The van der Waals surface area contributed by atoms with Crippen molar-refractivity contribution in [3.63, 3.8) is 0 Å². The summed E-state index contributed by atoms with van der Waals surface area (Å²) in [6, 6.07) is 10.7. The highest BCUT2D eigenvalue weighted by atomic mass is 16.3. The van der Waals surface area contributed by atoms with Crippen LogP contribution in [0.1, 0.15) is 37.7 Å². The van der Waals surface area contributed by atoms with Crippen molar-refractivity contribution in [2.75, 3.05) is 13.1 Å². The van der Waals surface area contributed by atoms with Crippen molar-refractivity contribution >= 4 is 0 Å². The van der Waals surface area contributed by atoms with Crippen LogP contribution < -0.4 is 0 Å². The lowest BCUT2D eigenvalue weighted by atomic mass is 9.89. The molecule has 1 N–H and O–H groups in total. The fourth-order valence-electron chi connectivity index (χ4n) is 2.51. The highest BCUT2D eigenvalue weighted by molar-refractivity contribution is 5.19. The van der Waals surface area contributed by atoms with Crippen LogP contribution in [0.25, 0.3) is 0 Å². The molecule has 0 radical (unpaired) electrons. The van der Waals surface area contributed by atoms with E-state index in [1.54, 1.807) is 0 Å². The predicted octanol–water partition coefficient (Wildman–Crippen LogP) is 2.59. The Labute approximate surface area is 97.9 Å². The van der Waals surface area contributed by atoms with E-state index in [1.807, 2.05) is 6.92 Å². The number of likely N-dealkylation sites (tertiary alicyclic amines) is 1. The fourth-order valence-corrected chi connectivity index (χ4v) is 2.51. The molecule has 1 aliphatic rings. The van der Waals surface area contributed by atoms with Crippen molar-refractivity contribution < 1.29 is 5.11 Å². The Kier molecular flexibility index (Phi) is 3.97. The molecule has 1 aliphatic heterocycles. The highest BCUT2D eigenvalue weighted by Crippen LogP contribution is 2.28. The maximum atomic E-state index is 9.77. The third-order valence-corrected chi connectivity index (χ3v) is 3.59. The van der Waals surface area contributed by atoms with Gasteiger partial charge in [-0.1, -0.05) is 37.3 Å². The van der Waals surface area contributed by atoms with Crippen molar-refractivity contribution in [1.29, 1.82) is 0 Å². The Morgan fingerprint density at radius 1 is 1.25 bits per heavy atom. The number of aliphatic hydroxyl groups excluding tert-OH is 1. The maximum Gasteiger partial charge on any atom is 0.107 e. The van der Waals surface area contributed by atoms with Gasteiger partial charge in [0, 0.05) is 13.1 Å². The first-order chi connectivity index (χ1) is 7.81. The van der Waals surface area contributed by atoms with Gasteiger partial charge in [-0.05, 0) is 30.7 Å². The van der Waals surface area contributed by atoms with E-state index in [4.69, 9.17) is 0 Å². The summed E-state index contributed by atoms with van der Waals surface area (Å²) in [5.41, 5.74) is 1.45. The van der Waals surface area contributed by atoms with Gasteiger partial charge in [0.25, 0.3) is 0 Å². The Balaban J connectivity index is 1.91. The number of nitrogens with zero attached hydrogens (tertiary/aromatic N) is 1. The van der Waals surface area contributed by atoms with Crippen LogP contribution in [0.15, 0.2) is 30.3 Å². The Morgan fingerprint density at radius 3 is 2.44 bits per heavy atom. The van der Waals surface area contributed by atoms with Crippen molar-refractivity contribution in [2.45, 2.75) is 38.3 Å². The molecule has 2 heteroatoms. The van der Waals surface area contributed by atoms with E-state index >= 15 is 0 Å². The smallest absolute Gasteiger partial charge is 0.107 e. The number of hydrogen-bond acceptors (Lipinski definition) is 2. The van der Waals surface area contributed by atoms with E-state index < -0.39 is 0 Å². The van der Waals surface area contributed by atoms with Gasteiger partial charge in [0.1, 0.15) is 6.23 Å². The van der Waals surface area contributed by atoms with Crippen molar-refractivity contribution in [1.82, 2.24) is 4.90 Å². The molecule has 1 aromatic carbocycles. The topological polar surface area (TPSA) is 23.5 Å². The average Bonchev–Trinajstić information content (AvgIpc) is 2.39. The predicted molar refractivity (Wildman–Crippen MR) is 66.3 cm³/mol. The fraction of sp³-hybridized carbons (Fsp3) is 0.571. The number of benzene rings is 1. The van der Waals surface area contributed by atoms with E-state index in [-0.39, 0.29) is 6.23 Å².